The summed E-state index contributed by atoms with van der Waals surface area (Å²) in [6.45, 7) is 7.63. The van der Waals surface area contributed by atoms with E-state index in [4.69, 9.17) is 23.2 Å². The standard InChI is InChI=1S/C18H21Cl2N3O2S/c1-2-22-7-9-23(10-8-22)17-5-3-16(4-6-17)21-26(24,25)18-12-14(19)11-15(20)13-18/h3-6,11-13,21H,2,7-10H2,1H3/p+1. The number of benzene rings is 2. The molecule has 2 N–H and O–H groups in total. The van der Waals surface area contributed by atoms with Crippen LogP contribution in [0.5, 0.6) is 0 Å². The van der Waals surface area contributed by atoms with Crippen molar-refractivity contribution in [3.8, 4) is 0 Å². The van der Waals surface area contributed by atoms with Crippen LogP contribution in [0.25, 0.3) is 0 Å². The van der Waals surface area contributed by atoms with Gasteiger partial charge < -0.3 is 9.80 Å². The average Bonchev–Trinajstić information content (AvgIpc) is 2.61. The van der Waals surface area contributed by atoms with Crippen LogP contribution in [-0.2, 0) is 10.0 Å². The highest BCUT2D eigenvalue weighted by molar-refractivity contribution is 7.92. The number of quaternary nitrogens is 1. The van der Waals surface area contributed by atoms with Crippen molar-refractivity contribution < 1.29 is 13.3 Å². The fourth-order valence-corrected chi connectivity index (χ4v) is 4.86. The first kappa shape index (κ1) is 19.3. The van der Waals surface area contributed by atoms with Gasteiger partial charge in [0.25, 0.3) is 10.0 Å². The molecule has 0 bridgehead atoms. The Labute approximate surface area is 164 Å². The lowest BCUT2D eigenvalue weighted by atomic mass is 10.2. The van der Waals surface area contributed by atoms with E-state index in [1.165, 1.54) is 18.2 Å². The molecule has 8 heteroatoms. The second-order valence-corrected chi connectivity index (χ2v) is 8.90. The summed E-state index contributed by atoms with van der Waals surface area (Å²) >= 11 is 11.8. The summed E-state index contributed by atoms with van der Waals surface area (Å²) < 4.78 is 27.6. The number of nitrogens with one attached hydrogen (secondary N) is 2. The van der Waals surface area contributed by atoms with E-state index in [9.17, 15) is 8.42 Å². The van der Waals surface area contributed by atoms with Crippen LogP contribution in [0.1, 0.15) is 6.92 Å². The van der Waals surface area contributed by atoms with Crippen molar-refractivity contribution in [1.29, 1.82) is 0 Å². The van der Waals surface area contributed by atoms with Crippen molar-refractivity contribution in [3.63, 3.8) is 0 Å². The molecule has 5 nitrogen and oxygen atoms in total. The zero-order valence-electron chi connectivity index (χ0n) is 14.5. The number of piperazine rings is 1. The van der Waals surface area contributed by atoms with Crippen molar-refractivity contribution in [2.24, 2.45) is 0 Å². The molecule has 0 amide bonds. The molecule has 140 valence electrons. The first-order valence-corrected chi connectivity index (χ1v) is 10.8. The molecule has 0 aromatic heterocycles. The SMILES string of the molecule is CC[NH+]1CCN(c2ccc(NS(=O)(=O)c3cc(Cl)cc(Cl)c3)cc2)CC1. The van der Waals surface area contributed by atoms with Gasteiger partial charge >= 0.3 is 0 Å². The van der Waals surface area contributed by atoms with E-state index in [-0.39, 0.29) is 14.9 Å². The van der Waals surface area contributed by atoms with Gasteiger partial charge in [0, 0.05) is 21.4 Å². The van der Waals surface area contributed by atoms with Crippen LogP contribution in [0, 0.1) is 0 Å². The molecule has 0 unspecified atom stereocenters. The first-order chi connectivity index (χ1) is 12.4. The van der Waals surface area contributed by atoms with Gasteiger partial charge in [-0.2, -0.15) is 0 Å². The predicted octanol–water partition coefficient (Wildman–Crippen LogP) is 2.52. The van der Waals surface area contributed by atoms with Gasteiger partial charge in [-0.05, 0) is 49.4 Å². The van der Waals surface area contributed by atoms with Crippen LogP contribution < -0.4 is 14.5 Å². The third-order valence-corrected chi connectivity index (χ3v) is 6.40. The van der Waals surface area contributed by atoms with Crippen LogP contribution in [0.3, 0.4) is 0 Å². The second-order valence-electron chi connectivity index (χ2n) is 6.35. The van der Waals surface area contributed by atoms with Gasteiger partial charge in [-0.15, -0.1) is 0 Å². The highest BCUT2D eigenvalue weighted by Gasteiger charge is 2.19. The summed E-state index contributed by atoms with van der Waals surface area (Å²) in [5.74, 6) is 0. The van der Waals surface area contributed by atoms with E-state index in [2.05, 4.69) is 16.5 Å². The molecular weight excluding hydrogens is 393 g/mol. The molecule has 1 heterocycles. The second kappa shape index (κ2) is 8.05. The minimum atomic E-state index is -3.74. The maximum atomic E-state index is 12.5. The van der Waals surface area contributed by atoms with Gasteiger partial charge in [0.1, 0.15) is 0 Å². The van der Waals surface area contributed by atoms with Crippen LogP contribution in [-0.4, -0.2) is 41.1 Å². The molecule has 0 aliphatic carbocycles. The summed E-state index contributed by atoms with van der Waals surface area (Å²) in [7, 11) is -3.74. The lowest BCUT2D eigenvalue weighted by molar-refractivity contribution is -0.898. The van der Waals surface area contributed by atoms with Crippen LogP contribution in [0.2, 0.25) is 10.0 Å². The van der Waals surface area contributed by atoms with E-state index in [0.717, 1.165) is 38.4 Å². The summed E-state index contributed by atoms with van der Waals surface area (Å²) in [5.41, 5.74) is 1.61. The first-order valence-electron chi connectivity index (χ1n) is 8.55. The zero-order chi connectivity index (χ0) is 18.7. The number of anilines is 2. The fraction of sp³-hybridized carbons (Fsp3) is 0.333. The van der Waals surface area contributed by atoms with Crippen LogP contribution in [0.15, 0.2) is 47.4 Å². The zero-order valence-corrected chi connectivity index (χ0v) is 16.8. The molecule has 0 spiro atoms. The Bertz CT molecular complexity index is 844. The summed E-state index contributed by atoms with van der Waals surface area (Å²) in [5, 5.41) is 0.558. The molecular formula is C18H22Cl2N3O2S+. The average molecular weight is 415 g/mol. The molecule has 26 heavy (non-hydrogen) atoms. The molecule has 3 rings (SSSR count). The number of hydrogen-bond acceptors (Lipinski definition) is 3. The van der Waals surface area contributed by atoms with E-state index >= 15 is 0 Å². The van der Waals surface area contributed by atoms with Gasteiger partial charge in [-0.25, -0.2) is 8.42 Å². The number of sulfonamides is 1. The Morgan fingerprint density at radius 3 is 2.15 bits per heavy atom. The number of halogens is 2. The van der Waals surface area contributed by atoms with E-state index < -0.39 is 10.0 Å². The molecule has 2 aromatic rings. The van der Waals surface area contributed by atoms with Gasteiger partial charge in [0.2, 0.25) is 0 Å². The monoisotopic (exact) mass is 414 g/mol. The predicted molar refractivity (Wildman–Crippen MR) is 107 cm³/mol. The number of hydrogen-bond donors (Lipinski definition) is 2. The number of rotatable bonds is 5. The third kappa shape index (κ3) is 4.62. The van der Waals surface area contributed by atoms with Crippen LogP contribution in [0.4, 0.5) is 11.4 Å². The molecule has 2 aromatic carbocycles. The Balaban J connectivity index is 1.71. The smallest absolute Gasteiger partial charge is 0.261 e. The van der Waals surface area contributed by atoms with Crippen LogP contribution >= 0.6 is 23.2 Å². The maximum Gasteiger partial charge on any atom is 0.261 e. The highest BCUT2D eigenvalue weighted by Crippen LogP contribution is 2.25. The van der Waals surface area contributed by atoms with Gasteiger partial charge in [-0.1, -0.05) is 23.2 Å². The van der Waals surface area contributed by atoms with Gasteiger partial charge in [-0.3, -0.25) is 4.72 Å². The highest BCUT2D eigenvalue weighted by atomic mass is 35.5. The minimum Gasteiger partial charge on any atom is -0.360 e. The van der Waals surface area contributed by atoms with E-state index in [1.807, 2.05) is 12.1 Å². The van der Waals surface area contributed by atoms with Crippen molar-refractivity contribution >= 4 is 44.6 Å². The Morgan fingerprint density at radius 1 is 1.04 bits per heavy atom. The molecule has 1 aliphatic heterocycles. The molecule has 0 saturated carbocycles. The number of nitrogens with zero attached hydrogens (tertiary/aromatic N) is 1. The molecule has 0 radical (unpaired) electrons. The molecule has 1 saturated heterocycles. The van der Waals surface area contributed by atoms with Crippen molar-refractivity contribution in [1.82, 2.24) is 0 Å². The minimum absolute atomic E-state index is 0.0396. The van der Waals surface area contributed by atoms with Gasteiger partial charge in [0.05, 0.1) is 37.6 Å². The van der Waals surface area contributed by atoms with E-state index in [0.29, 0.717) is 5.69 Å². The molecule has 1 aliphatic rings. The lowest BCUT2D eigenvalue weighted by Crippen LogP contribution is -3.14. The maximum absolute atomic E-state index is 12.5. The summed E-state index contributed by atoms with van der Waals surface area (Å²) in [6.07, 6.45) is 0. The third-order valence-electron chi connectivity index (χ3n) is 4.60. The fourth-order valence-electron chi connectivity index (χ4n) is 3.07. The lowest BCUT2D eigenvalue weighted by Gasteiger charge is -2.33. The largest absolute Gasteiger partial charge is 0.360 e. The summed E-state index contributed by atoms with van der Waals surface area (Å²) in [6, 6.07) is 11.7. The Kier molecular flexibility index (Phi) is 5.97. The quantitative estimate of drug-likeness (QED) is 0.789. The van der Waals surface area contributed by atoms with Gasteiger partial charge in [0.15, 0.2) is 0 Å². The topological polar surface area (TPSA) is 53.9 Å². The van der Waals surface area contributed by atoms with Crippen molar-refractivity contribution in [3.05, 3.63) is 52.5 Å². The molecule has 0 atom stereocenters. The normalized spacial score (nSPS) is 15.9. The Hall–Kier alpha value is -1.47. The number of likely N-dealkylation sites (N-methyl/N-ethyl adjacent to an activating group) is 1. The summed E-state index contributed by atoms with van der Waals surface area (Å²) in [4.78, 5) is 3.98. The van der Waals surface area contributed by atoms with E-state index in [1.54, 1.807) is 17.0 Å². The van der Waals surface area contributed by atoms with Crippen molar-refractivity contribution in [2.45, 2.75) is 11.8 Å². The van der Waals surface area contributed by atoms with Crippen molar-refractivity contribution in [2.75, 3.05) is 42.3 Å². The molecule has 1 fully saturated rings. The Morgan fingerprint density at radius 2 is 1.62 bits per heavy atom.